The Bertz CT molecular complexity index is 554. The Morgan fingerprint density at radius 3 is 2.75 bits per heavy atom. The predicted octanol–water partition coefficient (Wildman–Crippen LogP) is 1.44. The summed E-state index contributed by atoms with van der Waals surface area (Å²) in [6.45, 7) is 10.7. The van der Waals surface area contributed by atoms with Crippen LogP contribution in [0.15, 0.2) is 29.3 Å². The Hall–Kier alpha value is -1.30. The fraction of sp³-hybridized carbons (Fsp3) is 0.611. The van der Waals surface area contributed by atoms with Gasteiger partial charge in [-0.3, -0.25) is 14.8 Å². The molecule has 5 nitrogen and oxygen atoms in total. The molecular weight excluding hydrogens is 322 g/mol. The molecule has 24 heavy (non-hydrogen) atoms. The van der Waals surface area contributed by atoms with E-state index in [1.54, 1.807) is 0 Å². The smallest absolute Gasteiger partial charge is 0.191 e. The minimum absolute atomic E-state index is 0.566. The van der Waals surface area contributed by atoms with E-state index in [0.29, 0.717) is 6.04 Å². The largest absolute Gasteiger partial charge is 0.357 e. The number of benzene rings is 1. The second-order valence-corrected chi connectivity index (χ2v) is 6.95. The quantitative estimate of drug-likeness (QED) is 0.602. The lowest BCUT2D eigenvalue weighted by atomic mass is 10.1. The van der Waals surface area contributed by atoms with Gasteiger partial charge in [0.25, 0.3) is 0 Å². The van der Waals surface area contributed by atoms with E-state index in [1.165, 1.54) is 31.7 Å². The minimum atomic E-state index is 0.566. The van der Waals surface area contributed by atoms with Gasteiger partial charge in [0.05, 0.1) is 6.54 Å². The van der Waals surface area contributed by atoms with E-state index in [9.17, 15) is 0 Å². The summed E-state index contributed by atoms with van der Waals surface area (Å²) in [4.78, 5) is 9.94. The van der Waals surface area contributed by atoms with Gasteiger partial charge in [-0.1, -0.05) is 23.7 Å². The van der Waals surface area contributed by atoms with E-state index in [0.717, 1.165) is 43.6 Å². The number of nitrogens with zero attached hydrogens (tertiary/aromatic N) is 3. The van der Waals surface area contributed by atoms with Crippen molar-refractivity contribution in [1.29, 1.82) is 0 Å². The molecule has 0 saturated carbocycles. The highest BCUT2D eigenvalue weighted by Crippen LogP contribution is 2.15. The standard InChI is InChI=1S/C18H28ClN5/c1-2-20-18(21-7-6-15-4-3-5-16(19)12-15)22-13-17-14-23-8-10-24(17)11-9-23/h3-5,12,17H,2,6-11,13-14H2,1H3,(H2,20,21,22). The van der Waals surface area contributed by atoms with Gasteiger partial charge < -0.3 is 10.6 Å². The third-order valence-corrected chi connectivity index (χ3v) is 5.03. The Morgan fingerprint density at radius 1 is 1.25 bits per heavy atom. The van der Waals surface area contributed by atoms with E-state index in [2.05, 4.69) is 33.4 Å². The lowest BCUT2D eigenvalue weighted by molar-refractivity contribution is 0.0174. The second kappa shape index (κ2) is 8.70. The van der Waals surface area contributed by atoms with Crippen molar-refractivity contribution in [1.82, 2.24) is 20.4 Å². The maximum absolute atomic E-state index is 6.04. The van der Waals surface area contributed by atoms with E-state index in [1.807, 2.05) is 18.2 Å². The number of aliphatic imine (C=N–C) groups is 1. The summed E-state index contributed by atoms with van der Waals surface area (Å²) in [5.41, 5.74) is 1.24. The molecule has 3 saturated heterocycles. The number of guanidine groups is 1. The van der Waals surface area contributed by atoms with Crippen molar-refractivity contribution in [3.63, 3.8) is 0 Å². The van der Waals surface area contributed by atoms with Crippen molar-refractivity contribution in [2.75, 3.05) is 52.4 Å². The molecule has 132 valence electrons. The molecule has 0 aromatic heterocycles. The van der Waals surface area contributed by atoms with Gasteiger partial charge in [0.2, 0.25) is 0 Å². The number of rotatable bonds is 6. The third-order valence-electron chi connectivity index (χ3n) is 4.79. The highest BCUT2D eigenvalue weighted by Gasteiger charge is 2.31. The zero-order valence-corrected chi connectivity index (χ0v) is 15.2. The highest BCUT2D eigenvalue weighted by molar-refractivity contribution is 6.30. The molecule has 6 heteroatoms. The molecule has 4 rings (SSSR count). The number of hydrogen-bond donors (Lipinski definition) is 2. The minimum Gasteiger partial charge on any atom is -0.357 e. The zero-order chi connectivity index (χ0) is 16.8. The molecule has 1 unspecified atom stereocenters. The number of nitrogens with one attached hydrogen (secondary N) is 2. The molecule has 2 N–H and O–H groups in total. The molecule has 0 aliphatic carbocycles. The van der Waals surface area contributed by atoms with Crippen LogP contribution < -0.4 is 10.6 Å². The Balaban J connectivity index is 1.48. The first-order chi connectivity index (χ1) is 11.7. The van der Waals surface area contributed by atoms with Gasteiger partial charge in [0.1, 0.15) is 0 Å². The highest BCUT2D eigenvalue weighted by atomic mass is 35.5. The average molecular weight is 350 g/mol. The van der Waals surface area contributed by atoms with Crippen molar-refractivity contribution >= 4 is 17.6 Å². The van der Waals surface area contributed by atoms with Gasteiger partial charge in [0.15, 0.2) is 5.96 Å². The van der Waals surface area contributed by atoms with Crippen molar-refractivity contribution in [2.24, 2.45) is 4.99 Å². The first-order valence-corrected chi connectivity index (χ1v) is 9.35. The van der Waals surface area contributed by atoms with Gasteiger partial charge in [0, 0.05) is 56.9 Å². The van der Waals surface area contributed by atoms with Crippen LogP contribution in [-0.2, 0) is 6.42 Å². The summed E-state index contributed by atoms with van der Waals surface area (Å²) < 4.78 is 0. The van der Waals surface area contributed by atoms with Crippen LogP contribution in [0.4, 0.5) is 0 Å². The number of piperazine rings is 3. The molecule has 3 fully saturated rings. The monoisotopic (exact) mass is 349 g/mol. The molecular formula is C18H28ClN5. The summed E-state index contributed by atoms with van der Waals surface area (Å²) in [6, 6.07) is 8.61. The Kier molecular flexibility index (Phi) is 6.35. The van der Waals surface area contributed by atoms with Crippen LogP contribution in [0.2, 0.25) is 5.02 Å². The molecule has 1 aromatic rings. The lowest BCUT2D eigenvalue weighted by Gasteiger charge is -2.47. The van der Waals surface area contributed by atoms with Crippen molar-refractivity contribution in [3.05, 3.63) is 34.9 Å². The molecule has 3 aliphatic heterocycles. The first-order valence-electron chi connectivity index (χ1n) is 8.97. The molecule has 0 spiro atoms. The fourth-order valence-corrected chi connectivity index (χ4v) is 3.67. The summed E-state index contributed by atoms with van der Waals surface area (Å²) in [7, 11) is 0. The van der Waals surface area contributed by atoms with Crippen LogP contribution >= 0.6 is 11.6 Å². The predicted molar refractivity (Wildman–Crippen MR) is 101 cm³/mol. The van der Waals surface area contributed by atoms with Crippen LogP contribution in [0.25, 0.3) is 0 Å². The van der Waals surface area contributed by atoms with Crippen LogP contribution in [0.5, 0.6) is 0 Å². The molecule has 1 aromatic carbocycles. The van der Waals surface area contributed by atoms with Crippen molar-refractivity contribution < 1.29 is 0 Å². The van der Waals surface area contributed by atoms with Crippen LogP contribution in [0, 0.1) is 0 Å². The maximum Gasteiger partial charge on any atom is 0.191 e. The van der Waals surface area contributed by atoms with Gasteiger partial charge in [-0.15, -0.1) is 0 Å². The molecule has 3 heterocycles. The number of hydrogen-bond acceptors (Lipinski definition) is 3. The van der Waals surface area contributed by atoms with Gasteiger partial charge in [-0.05, 0) is 31.0 Å². The van der Waals surface area contributed by atoms with Gasteiger partial charge >= 0.3 is 0 Å². The number of fused-ring (bicyclic) bond motifs is 3. The Labute approximate surface area is 150 Å². The lowest BCUT2D eigenvalue weighted by Crippen LogP contribution is -2.62. The van der Waals surface area contributed by atoms with Crippen LogP contribution in [0.1, 0.15) is 12.5 Å². The van der Waals surface area contributed by atoms with Gasteiger partial charge in [-0.2, -0.15) is 0 Å². The Morgan fingerprint density at radius 2 is 2.08 bits per heavy atom. The van der Waals surface area contributed by atoms with Crippen molar-refractivity contribution in [2.45, 2.75) is 19.4 Å². The summed E-state index contributed by atoms with van der Waals surface area (Å²) in [5.74, 6) is 0.914. The normalized spacial score (nSPS) is 26.4. The molecule has 0 amide bonds. The molecule has 3 aliphatic rings. The van der Waals surface area contributed by atoms with E-state index < -0.39 is 0 Å². The average Bonchev–Trinajstić information content (AvgIpc) is 2.61. The van der Waals surface area contributed by atoms with E-state index in [4.69, 9.17) is 16.6 Å². The molecule has 0 radical (unpaired) electrons. The molecule has 1 atom stereocenters. The van der Waals surface area contributed by atoms with E-state index >= 15 is 0 Å². The zero-order valence-electron chi connectivity index (χ0n) is 14.5. The fourth-order valence-electron chi connectivity index (χ4n) is 3.45. The van der Waals surface area contributed by atoms with Gasteiger partial charge in [-0.25, -0.2) is 0 Å². The SMILES string of the molecule is CCNC(=NCC1CN2CCN1CC2)NCCc1cccc(Cl)c1. The summed E-state index contributed by atoms with van der Waals surface area (Å²) >= 11 is 6.04. The number of halogens is 1. The molecule has 2 bridgehead atoms. The van der Waals surface area contributed by atoms with Crippen molar-refractivity contribution in [3.8, 4) is 0 Å². The summed E-state index contributed by atoms with van der Waals surface area (Å²) in [6.07, 6.45) is 0.939. The van der Waals surface area contributed by atoms with E-state index in [-0.39, 0.29) is 0 Å². The van der Waals surface area contributed by atoms with Crippen LogP contribution in [0.3, 0.4) is 0 Å². The summed E-state index contributed by atoms with van der Waals surface area (Å²) in [5, 5.41) is 7.58. The van der Waals surface area contributed by atoms with Crippen LogP contribution in [-0.4, -0.2) is 74.2 Å². The topological polar surface area (TPSA) is 42.9 Å². The third kappa shape index (κ3) is 4.85. The maximum atomic E-state index is 6.04. The second-order valence-electron chi connectivity index (χ2n) is 6.52. The first kappa shape index (κ1) is 17.5.